The highest BCUT2D eigenvalue weighted by molar-refractivity contribution is 5.63. The number of nitro groups is 1. The van der Waals surface area contributed by atoms with Gasteiger partial charge in [0.15, 0.2) is 0 Å². The van der Waals surface area contributed by atoms with E-state index in [1.165, 1.54) is 6.07 Å². The molecule has 29 heavy (non-hydrogen) atoms. The summed E-state index contributed by atoms with van der Waals surface area (Å²) in [4.78, 5) is 12.6. The summed E-state index contributed by atoms with van der Waals surface area (Å²) in [5, 5.41) is 21.4. The van der Waals surface area contributed by atoms with Crippen molar-refractivity contribution < 1.29 is 14.8 Å². The van der Waals surface area contributed by atoms with Crippen LogP contribution < -0.4 is 4.74 Å². The van der Waals surface area contributed by atoms with Crippen LogP contribution in [-0.4, -0.2) is 41.2 Å². The summed E-state index contributed by atoms with van der Waals surface area (Å²) in [5.41, 5.74) is 2.94. The Balaban J connectivity index is 1.49. The van der Waals surface area contributed by atoms with Crippen molar-refractivity contribution in [2.24, 2.45) is 0 Å². The summed E-state index contributed by atoms with van der Waals surface area (Å²) < 4.78 is 5.69. The molecule has 0 saturated carbocycles. The molecule has 3 rings (SSSR count). The lowest BCUT2D eigenvalue weighted by atomic mass is 10.1. The van der Waals surface area contributed by atoms with Gasteiger partial charge in [-0.2, -0.15) is 0 Å². The van der Waals surface area contributed by atoms with Crippen LogP contribution in [0.25, 0.3) is 11.1 Å². The van der Waals surface area contributed by atoms with Gasteiger partial charge in [0.1, 0.15) is 18.5 Å². The summed E-state index contributed by atoms with van der Waals surface area (Å²) in [6, 6.07) is 24.4. The van der Waals surface area contributed by atoms with Crippen LogP contribution in [0.3, 0.4) is 0 Å². The predicted molar refractivity (Wildman–Crippen MR) is 113 cm³/mol. The third-order valence-corrected chi connectivity index (χ3v) is 4.55. The Bertz CT molecular complexity index is 929. The van der Waals surface area contributed by atoms with Crippen LogP contribution >= 0.6 is 0 Å². The second-order valence-corrected chi connectivity index (χ2v) is 6.94. The van der Waals surface area contributed by atoms with Crippen molar-refractivity contribution in [1.82, 2.24) is 4.90 Å². The minimum atomic E-state index is -0.712. The van der Waals surface area contributed by atoms with Crippen molar-refractivity contribution in [3.05, 3.63) is 94.5 Å². The number of nitrogens with zero attached hydrogens (tertiary/aromatic N) is 2. The number of hydrogen-bond acceptors (Lipinski definition) is 5. The van der Waals surface area contributed by atoms with Crippen LogP contribution in [0.15, 0.2) is 78.9 Å². The Kier molecular flexibility index (Phi) is 6.94. The van der Waals surface area contributed by atoms with Crippen LogP contribution in [0, 0.1) is 10.1 Å². The highest BCUT2D eigenvalue weighted by Gasteiger charge is 2.16. The first-order chi connectivity index (χ1) is 14.0. The quantitative estimate of drug-likeness (QED) is 0.438. The molecule has 0 heterocycles. The molecule has 0 radical (unpaired) electrons. The maximum Gasteiger partial charge on any atom is 0.273 e. The first kappa shape index (κ1) is 20.5. The van der Waals surface area contributed by atoms with Crippen molar-refractivity contribution in [2.45, 2.75) is 12.6 Å². The van der Waals surface area contributed by atoms with Gasteiger partial charge in [-0.1, -0.05) is 60.7 Å². The van der Waals surface area contributed by atoms with Crippen molar-refractivity contribution >= 4 is 5.69 Å². The fourth-order valence-electron chi connectivity index (χ4n) is 3.16. The minimum absolute atomic E-state index is 0.0867. The Labute approximate surface area is 170 Å². The molecule has 0 aromatic heterocycles. The summed E-state index contributed by atoms with van der Waals surface area (Å²) in [6.45, 7) is 0.861. The van der Waals surface area contributed by atoms with Gasteiger partial charge < -0.3 is 9.84 Å². The standard InChI is InChI=1S/C23H24N2O4/c1-24(15-20-9-5-6-10-23(20)25(27)28)16-21(26)17-29-22-13-11-19(12-14-22)18-7-3-2-4-8-18/h2-14,21,26H,15-17H2,1H3. The SMILES string of the molecule is CN(Cc1ccccc1[N+](=O)[O-])CC(O)COc1ccc(-c2ccccc2)cc1. The lowest BCUT2D eigenvalue weighted by Crippen LogP contribution is -2.32. The average Bonchev–Trinajstić information content (AvgIpc) is 2.73. The zero-order chi connectivity index (χ0) is 20.6. The van der Waals surface area contributed by atoms with E-state index in [1.807, 2.05) is 66.5 Å². The predicted octanol–water partition coefficient (Wildman–Crippen LogP) is 4.13. The van der Waals surface area contributed by atoms with Crippen LogP contribution in [0.5, 0.6) is 5.75 Å². The van der Waals surface area contributed by atoms with E-state index in [9.17, 15) is 15.2 Å². The molecule has 3 aromatic carbocycles. The third-order valence-electron chi connectivity index (χ3n) is 4.55. The first-order valence-corrected chi connectivity index (χ1v) is 9.40. The molecular formula is C23H24N2O4. The molecule has 1 unspecified atom stereocenters. The van der Waals surface area contributed by atoms with Crippen LogP contribution in [0.2, 0.25) is 0 Å². The number of aliphatic hydroxyl groups excluding tert-OH is 1. The van der Waals surface area contributed by atoms with Crippen molar-refractivity contribution in [3.63, 3.8) is 0 Å². The number of aliphatic hydroxyl groups is 1. The van der Waals surface area contributed by atoms with Crippen LogP contribution in [0.4, 0.5) is 5.69 Å². The summed E-state index contributed by atoms with van der Waals surface area (Å²) in [6.07, 6.45) is -0.712. The molecule has 0 aliphatic heterocycles. The number of benzene rings is 3. The second-order valence-electron chi connectivity index (χ2n) is 6.94. The van der Waals surface area contributed by atoms with Gasteiger partial charge in [-0.05, 0) is 30.3 Å². The van der Waals surface area contributed by atoms with Gasteiger partial charge in [-0.3, -0.25) is 15.0 Å². The zero-order valence-electron chi connectivity index (χ0n) is 16.3. The summed E-state index contributed by atoms with van der Waals surface area (Å²) in [7, 11) is 1.81. The lowest BCUT2D eigenvalue weighted by Gasteiger charge is -2.21. The third kappa shape index (κ3) is 5.88. The fraction of sp³-hybridized carbons (Fsp3) is 0.217. The normalized spacial score (nSPS) is 12.0. The molecule has 6 heteroatoms. The van der Waals surface area contributed by atoms with Crippen LogP contribution in [0.1, 0.15) is 5.56 Å². The van der Waals surface area contributed by atoms with E-state index in [-0.39, 0.29) is 17.2 Å². The van der Waals surface area contributed by atoms with E-state index in [0.717, 1.165) is 11.1 Å². The molecule has 0 fully saturated rings. The molecule has 0 amide bonds. The molecule has 0 aliphatic rings. The highest BCUT2D eigenvalue weighted by atomic mass is 16.6. The molecule has 1 N–H and O–H groups in total. The van der Waals surface area contributed by atoms with Gasteiger partial charge in [-0.15, -0.1) is 0 Å². The number of likely N-dealkylation sites (N-methyl/N-ethyl adjacent to an activating group) is 1. The van der Waals surface area contributed by atoms with Gasteiger partial charge in [0.05, 0.1) is 4.92 Å². The Hall–Kier alpha value is -3.22. The zero-order valence-corrected chi connectivity index (χ0v) is 16.3. The maximum atomic E-state index is 11.1. The second kappa shape index (κ2) is 9.82. The molecule has 3 aromatic rings. The van der Waals surface area contributed by atoms with E-state index in [4.69, 9.17) is 4.74 Å². The van der Waals surface area contributed by atoms with Crippen molar-refractivity contribution in [2.75, 3.05) is 20.2 Å². The van der Waals surface area contributed by atoms with Gasteiger partial charge >= 0.3 is 0 Å². The number of hydrogen-bond donors (Lipinski definition) is 1. The topological polar surface area (TPSA) is 75.8 Å². The van der Waals surface area contributed by atoms with E-state index in [0.29, 0.717) is 24.4 Å². The first-order valence-electron chi connectivity index (χ1n) is 9.40. The summed E-state index contributed by atoms with van der Waals surface area (Å²) in [5.74, 6) is 0.685. The Morgan fingerprint density at radius 2 is 1.59 bits per heavy atom. The van der Waals surface area contributed by atoms with Crippen molar-refractivity contribution in [1.29, 1.82) is 0 Å². The minimum Gasteiger partial charge on any atom is -0.491 e. The molecule has 6 nitrogen and oxygen atoms in total. The summed E-state index contributed by atoms with van der Waals surface area (Å²) >= 11 is 0. The number of para-hydroxylation sites is 1. The van der Waals surface area contributed by atoms with Gasteiger partial charge in [0.25, 0.3) is 5.69 Å². The monoisotopic (exact) mass is 392 g/mol. The van der Waals surface area contributed by atoms with E-state index in [2.05, 4.69) is 0 Å². The molecular weight excluding hydrogens is 368 g/mol. The van der Waals surface area contributed by atoms with Gasteiger partial charge in [-0.25, -0.2) is 0 Å². The lowest BCUT2D eigenvalue weighted by molar-refractivity contribution is -0.385. The Morgan fingerprint density at radius 3 is 2.28 bits per heavy atom. The Morgan fingerprint density at radius 1 is 0.966 bits per heavy atom. The number of nitro benzene ring substituents is 1. The highest BCUT2D eigenvalue weighted by Crippen LogP contribution is 2.22. The van der Waals surface area contributed by atoms with Crippen LogP contribution in [-0.2, 0) is 6.54 Å². The average molecular weight is 392 g/mol. The maximum absolute atomic E-state index is 11.1. The molecule has 0 spiro atoms. The molecule has 0 aliphatic carbocycles. The van der Waals surface area contributed by atoms with Gasteiger partial charge in [0.2, 0.25) is 0 Å². The molecule has 0 saturated heterocycles. The number of ether oxygens (including phenoxy) is 1. The van der Waals surface area contributed by atoms with E-state index >= 15 is 0 Å². The number of rotatable bonds is 9. The molecule has 0 bridgehead atoms. The van der Waals surface area contributed by atoms with E-state index < -0.39 is 6.10 Å². The largest absolute Gasteiger partial charge is 0.491 e. The smallest absolute Gasteiger partial charge is 0.273 e. The van der Waals surface area contributed by atoms with Gasteiger partial charge in [0, 0.05) is 24.7 Å². The molecule has 150 valence electrons. The van der Waals surface area contributed by atoms with Crippen molar-refractivity contribution in [3.8, 4) is 16.9 Å². The van der Waals surface area contributed by atoms with E-state index in [1.54, 1.807) is 18.2 Å². The molecule has 1 atom stereocenters. The fourth-order valence-corrected chi connectivity index (χ4v) is 3.16.